The van der Waals surface area contributed by atoms with E-state index in [4.69, 9.17) is 25.3 Å². The number of carboxylic acid groups (broad SMARTS) is 1. The number of unbranched alkanes of at least 4 members (excludes halogenated alkanes) is 2. The van der Waals surface area contributed by atoms with E-state index in [9.17, 15) is 60.1 Å². The third-order valence-corrected chi connectivity index (χ3v) is 22.3. The maximum absolute atomic E-state index is 13.9. The number of nitrogens with one attached hydrogen (secondary N) is 4. The Morgan fingerprint density at radius 2 is 1.64 bits per heavy atom. The lowest BCUT2D eigenvalue weighted by atomic mass is 9.51. The van der Waals surface area contributed by atoms with Crippen molar-refractivity contribution in [3.05, 3.63) is 131 Å². The zero-order chi connectivity index (χ0) is 73.0. The largest absolute Gasteiger partial charge is 0.476 e. The number of hydrogen-bond acceptors (Lipinski definition) is 18. The highest BCUT2D eigenvalue weighted by Crippen LogP contribution is 2.60. The third-order valence-electron chi connectivity index (χ3n) is 19.3. The molecule has 0 saturated heterocycles. The van der Waals surface area contributed by atoms with E-state index >= 15 is 0 Å². The Morgan fingerprint density at radius 3 is 2.36 bits per heavy atom. The minimum Gasteiger partial charge on any atom is -0.476 e. The fraction of sp³-hybridized carbons (Fsp3) is 0.500. The van der Waals surface area contributed by atoms with Gasteiger partial charge >= 0.3 is 18.1 Å². The maximum atomic E-state index is 13.9. The first-order valence-corrected chi connectivity index (χ1v) is 38.4. The molecule has 8 N–H and O–H groups in total. The smallest absolute Gasteiger partial charge is 0.410 e. The molecule has 0 radical (unpaired) electrons. The summed E-state index contributed by atoms with van der Waals surface area (Å²) in [4.78, 5) is 105. The van der Waals surface area contributed by atoms with Crippen LogP contribution in [0.1, 0.15) is 155 Å². The summed E-state index contributed by atoms with van der Waals surface area (Å²) in [7, 11) is -7.87. The topological polar surface area (TPSA) is 371 Å². The predicted molar refractivity (Wildman–Crippen MR) is 385 cm³/mol. The van der Waals surface area contributed by atoms with Crippen LogP contribution < -0.4 is 31.9 Å². The number of aromatic carboxylic acids is 1. The quantitative estimate of drug-likeness (QED) is 0.0146. The number of hydrogen-bond donors (Lipinski definition) is 7. The number of carboxylic acids is 1. The van der Waals surface area contributed by atoms with Crippen molar-refractivity contribution in [3.63, 3.8) is 0 Å². The van der Waals surface area contributed by atoms with E-state index in [0.29, 0.717) is 97.0 Å². The summed E-state index contributed by atoms with van der Waals surface area (Å²) in [5.41, 5.74) is 9.74. The van der Waals surface area contributed by atoms with Gasteiger partial charge in [0.25, 0.3) is 16.0 Å². The lowest BCUT2D eigenvalue weighted by molar-refractivity contribution is -0.179. The van der Waals surface area contributed by atoms with Gasteiger partial charge in [0.2, 0.25) is 11.8 Å². The normalized spacial score (nSPS) is 19.5. The van der Waals surface area contributed by atoms with Gasteiger partial charge in [0.1, 0.15) is 12.4 Å². The monoisotopic (exact) mass is 1450 g/mol. The van der Waals surface area contributed by atoms with E-state index in [-0.39, 0.29) is 97.3 Å². The molecule has 6 amide bonds. The molecule has 29 heteroatoms. The first-order chi connectivity index (χ1) is 47.8. The molecule has 6 aromatic rings. The van der Waals surface area contributed by atoms with Crippen molar-refractivity contribution in [2.24, 2.45) is 34.3 Å². The summed E-state index contributed by atoms with van der Waals surface area (Å²) in [5, 5.41) is 28.1. The standard InChI is InChI=1S/C72H93N11O15S3/c1-8-100(92,93)34-13-9-10-21-61(85)79-62(46(2)3)58(84)36-51(17-15-29-74-67(73)90)64(86)76-52-24-22-49(23-25-52)41-97-69(91)81(32-35-101(94,95)96)31-33-98-72-38-47(4)37-70(6,43-72)42-71(7,44-72)45-83-48(5)55(39-75-83)53-26-27-60(78-63(53)66(88)89)82-30-28-50-16-14-18-54(56(50)40-82)65(87)80-68-77-57-19-11-12-20-59(57)99-68/h8,11-12,14,16,18-20,22-27,39,46-47,51,62H,1,9-10,13,15,17,21,28-38,40-45H2,2-7H3,(H,76,86)(H,79,85)(H,88,89)(H3,73,74,90)(H,77,80,87)(H,94,95,96)/t47?,51-,62+,70?,71?,72?/m1/s1. The van der Waals surface area contributed by atoms with Gasteiger partial charge in [-0.15, -0.1) is 0 Å². The Kier molecular flexibility index (Phi) is 25.0. The van der Waals surface area contributed by atoms with Gasteiger partial charge in [0.05, 0.1) is 46.2 Å². The summed E-state index contributed by atoms with van der Waals surface area (Å²) in [5.74, 6) is -4.04. The predicted octanol–water partition coefficient (Wildman–Crippen LogP) is 10.5. The van der Waals surface area contributed by atoms with Crippen LogP contribution in [0.4, 0.5) is 26.2 Å². The number of pyridine rings is 1. The molecule has 544 valence electrons. The molecule has 9 rings (SSSR count). The van der Waals surface area contributed by atoms with E-state index in [0.717, 1.165) is 58.1 Å². The number of primary amides is 1. The number of fused-ring (bicyclic) bond motifs is 4. The first-order valence-electron chi connectivity index (χ1n) is 34.2. The Bertz CT molecular complexity index is 4240. The molecule has 2 bridgehead atoms. The second-order valence-electron chi connectivity index (χ2n) is 28.4. The molecule has 6 atom stereocenters. The molecule has 4 unspecified atom stereocenters. The number of para-hydroxylation sites is 1. The SMILES string of the molecule is C=CS(=O)(=O)CCCCCC(=O)N[C@H](C(=O)C[C@@H](CCCNC(N)=O)C(=O)Nc1ccc(COC(=O)N(CCOC23CC(C)CC(C)(CC(C)(Cn4ncc(-c5ccc(N6CCc7cccc(C(=O)Nc8nc9ccccc9s8)c7C6)nc5C(=O)O)c4C)C2)C3)CCS(=O)(=O)O)cc1)C(C)C. The average Bonchev–Trinajstić information content (AvgIpc) is 1.27. The van der Waals surface area contributed by atoms with Crippen LogP contribution in [0.3, 0.4) is 0 Å². The first kappa shape index (κ1) is 76.5. The van der Waals surface area contributed by atoms with Crippen LogP contribution in [-0.4, -0.2) is 149 Å². The number of rotatable bonds is 34. The number of carbonyl (C=O) groups is 7. The Morgan fingerprint density at radius 1 is 0.881 bits per heavy atom. The van der Waals surface area contributed by atoms with Gasteiger partial charge in [-0.25, -0.2) is 32.8 Å². The van der Waals surface area contributed by atoms with Crippen molar-refractivity contribution >= 4 is 99.7 Å². The maximum Gasteiger partial charge on any atom is 0.410 e. The van der Waals surface area contributed by atoms with Gasteiger partial charge in [-0.05, 0) is 153 Å². The molecular formula is C72H93N11O15S3. The summed E-state index contributed by atoms with van der Waals surface area (Å²) in [6, 6.07) is 21.7. The number of sulfone groups is 1. The second-order valence-corrected chi connectivity index (χ2v) is 33.0. The number of amides is 6. The van der Waals surface area contributed by atoms with Crippen molar-refractivity contribution in [3.8, 4) is 11.1 Å². The molecule has 2 saturated carbocycles. The van der Waals surface area contributed by atoms with Crippen LogP contribution in [-0.2, 0) is 69.9 Å². The van der Waals surface area contributed by atoms with Gasteiger partial charge < -0.3 is 46.1 Å². The van der Waals surface area contributed by atoms with Crippen molar-refractivity contribution in [2.45, 2.75) is 156 Å². The highest BCUT2D eigenvalue weighted by molar-refractivity contribution is 7.94. The molecule has 3 aromatic carbocycles. The van der Waals surface area contributed by atoms with Crippen molar-refractivity contribution in [1.82, 2.24) is 35.3 Å². The van der Waals surface area contributed by atoms with E-state index in [1.807, 2.05) is 59.0 Å². The summed E-state index contributed by atoms with van der Waals surface area (Å²) in [6.45, 7) is 16.2. The van der Waals surface area contributed by atoms with Crippen molar-refractivity contribution in [2.75, 3.05) is 59.8 Å². The van der Waals surface area contributed by atoms with Gasteiger partial charge in [-0.2, -0.15) is 13.5 Å². The van der Waals surface area contributed by atoms with E-state index in [1.165, 1.54) is 16.2 Å². The molecule has 3 aromatic heterocycles. The van der Waals surface area contributed by atoms with Crippen LogP contribution in [0.25, 0.3) is 21.3 Å². The number of urea groups is 1. The average molecular weight is 1450 g/mol. The van der Waals surface area contributed by atoms with Crippen LogP contribution in [0.15, 0.2) is 97.0 Å². The zero-order valence-electron chi connectivity index (χ0n) is 58.1. The molecule has 1 aliphatic heterocycles. The van der Waals surface area contributed by atoms with Gasteiger partial charge in [0.15, 0.2) is 26.4 Å². The van der Waals surface area contributed by atoms with Crippen molar-refractivity contribution in [1.29, 1.82) is 0 Å². The van der Waals surface area contributed by atoms with Gasteiger partial charge in [0, 0.05) is 91.5 Å². The number of ketones is 1. The summed E-state index contributed by atoms with van der Waals surface area (Å²) < 4.78 is 73.1. The number of nitrogens with two attached hydrogens (primary N) is 1. The van der Waals surface area contributed by atoms with Crippen LogP contribution >= 0.6 is 11.3 Å². The molecule has 4 heterocycles. The minimum absolute atomic E-state index is 0.0144. The van der Waals surface area contributed by atoms with Gasteiger partial charge in [-0.1, -0.05) is 95.4 Å². The Balaban J connectivity index is 0.813. The number of Topliss-reactive ketones (excluding diaryl/α,β-unsaturated/α-hetero) is 1. The third kappa shape index (κ3) is 20.8. The fourth-order valence-corrected chi connectivity index (χ4v) is 17.3. The number of benzene rings is 3. The highest BCUT2D eigenvalue weighted by Gasteiger charge is 2.56. The molecule has 2 aliphatic carbocycles. The van der Waals surface area contributed by atoms with E-state index in [1.54, 1.807) is 56.4 Å². The lowest BCUT2D eigenvalue weighted by Gasteiger charge is -2.58. The molecule has 0 spiro atoms. The molecule has 3 aliphatic rings. The number of aromatic nitrogens is 4. The number of carbonyl (C=O) groups excluding carboxylic acids is 6. The molecule has 26 nitrogen and oxygen atoms in total. The molecule has 2 fully saturated rings. The highest BCUT2D eigenvalue weighted by atomic mass is 32.2. The van der Waals surface area contributed by atoms with Gasteiger partial charge in [-0.3, -0.25) is 33.7 Å². The van der Waals surface area contributed by atoms with Crippen LogP contribution in [0, 0.1) is 35.5 Å². The number of nitrogens with zero attached hydrogens (tertiary/aromatic N) is 6. The Hall–Kier alpha value is -8.64. The zero-order valence-corrected chi connectivity index (χ0v) is 60.6. The second kappa shape index (κ2) is 33.0. The lowest BCUT2D eigenvalue weighted by Crippen LogP contribution is -2.55. The minimum atomic E-state index is -4.51. The molecule has 101 heavy (non-hydrogen) atoms. The number of thiazole rings is 1. The Labute approximate surface area is 593 Å². The summed E-state index contributed by atoms with van der Waals surface area (Å²) in [6.07, 6.45) is 6.84. The molecular weight excluding hydrogens is 1360 g/mol. The van der Waals surface area contributed by atoms with Crippen LogP contribution in [0.2, 0.25) is 0 Å². The number of anilines is 3. The van der Waals surface area contributed by atoms with Crippen LogP contribution in [0.5, 0.6) is 0 Å². The number of ether oxygens (including phenoxy) is 2. The summed E-state index contributed by atoms with van der Waals surface area (Å²) >= 11 is 1.40. The van der Waals surface area contributed by atoms with E-state index < -0.39 is 73.8 Å². The fourth-order valence-electron chi connectivity index (χ4n) is 15.2. The van der Waals surface area contributed by atoms with Crippen molar-refractivity contribution < 1.29 is 69.5 Å². The van der Waals surface area contributed by atoms with E-state index in [2.05, 4.69) is 53.6 Å².